The molecule has 0 aromatic rings. The van der Waals surface area contributed by atoms with Gasteiger partial charge in [0.2, 0.25) is 0 Å². The second-order valence-electron chi connectivity index (χ2n) is 5.37. The van der Waals surface area contributed by atoms with Crippen molar-refractivity contribution in [2.75, 3.05) is 0 Å². The van der Waals surface area contributed by atoms with Gasteiger partial charge in [0.1, 0.15) is 6.10 Å². The van der Waals surface area contributed by atoms with Crippen molar-refractivity contribution in [1.82, 2.24) is 0 Å². The van der Waals surface area contributed by atoms with Crippen LogP contribution in [-0.4, -0.2) is 17.0 Å². The molecule has 0 radical (unpaired) electrons. The number of ketones is 1. The minimum Gasteiger partial charge on any atom is -0.385 e. The molecule has 94 valence electrons. The monoisotopic (exact) mass is 234 g/mol. The van der Waals surface area contributed by atoms with Crippen molar-refractivity contribution in [2.24, 2.45) is 5.41 Å². The molecule has 1 aliphatic carbocycles. The number of aliphatic hydroxyl groups excluding tert-OH is 1. The predicted molar refractivity (Wildman–Crippen MR) is 70.7 cm³/mol. The lowest BCUT2D eigenvalue weighted by molar-refractivity contribution is -0.125. The lowest BCUT2D eigenvalue weighted by Crippen LogP contribution is -2.35. The van der Waals surface area contributed by atoms with Crippen molar-refractivity contribution in [2.45, 2.75) is 47.1 Å². The fourth-order valence-electron chi connectivity index (χ4n) is 2.24. The van der Waals surface area contributed by atoms with Crippen LogP contribution in [0.1, 0.15) is 41.0 Å². The number of rotatable bonds is 2. The molecule has 1 N–H and O–H groups in total. The minimum absolute atomic E-state index is 0.137. The summed E-state index contributed by atoms with van der Waals surface area (Å²) < 4.78 is 0. The summed E-state index contributed by atoms with van der Waals surface area (Å²) in [4.78, 5) is 11.8. The highest BCUT2D eigenvalue weighted by Crippen LogP contribution is 2.39. The van der Waals surface area contributed by atoms with Gasteiger partial charge in [0.05, 0.1) is 0 Å². The van der Waals surface area contributed by atoms with Gasteiger partial charge in [0.15, 0.2) is 5.78 Å². The molecule has 0 spiro atoms. The molecule has 0 saturated heterocycles. The van der Waals surface area contributed by atoms with E-state index < -0.39 is 6.10 Å². The van der Waals surface area contributed by atoms with Crippen molar-refractivity contribution in [3.8, 4) is 0 Å². The molecule has 2 heteroatoms. The van der Waals surface area contributed by atoms with E-state index >= 15 is 0 Å². The van der Waals surface area contributed by atoms with Crippen LogP contribution in [0, 0.1) is 5.41 Å². The Labute approximate surface area is 104 Å². The molecule has 1 aliphatic rings. The van der Waals surface area contributed by atoms with Crippen LogP contribution in [0.5, 0.6) is 0 Å². The highest BCUT2D eigenvalue weighted by Gasteiger charge is 2.36. The summed E-state index contributed by atoms with van der Waals surface area (Å²) in [6.07, 6.45) is 5.71. The molecule has 2 nitrogen and oxygen atoms in total. The van der Waals surface area contributed by atoms with E-state index in [1.807, 2.05) is 32.1 Å². The number of aliphatic hydroxyl groups is 1. The summed E-state index contributed by atoms with van der Waals surface area (Å²) in [7, 11) is 0. The third-order valence-corrected chi connectivity index (χ3v) is 3.48. The average molecular weight is 234 g/mol. The van der Waals surface area contributed by atoms with Crippen LogP contribution in [0.15, 0.2) is 34.9 Å². The first-order valence-corrected chi connectivity index (χ1v) is 6.04. The minimum atomic E-state index is -0.843. The van der Waals surface area contributed by atoms with E-state index in [1.54, 1.807) is 6.92 Å². The van der Waals surface area contributed by atoms with Gasteiger partial charge in [-0.2, -0.15) is 0 Å². The van der Waals surface area contributed by atoms with E-state index in [9.17, 15) is 9.90 Å². The fourth-order valence-corrected chi connectivity index (χ4v) is 2.24. The second kappa shape index (κ2) is 5.01. The smallest absolute Gasteiger partial charge is 0.187 e. The molecule has 0 heterocycles. The summed E-state index contributed by atoms with van der Waals surface area (Å²) in [6.45, 7) is 9.95. The van der Waals surface area contributed by atoms with Crippen LogP contribution in [0.3, 0.4) is 0 Å². The standard InChI is InChI=1S/C15H22O2/c1-6-10(2)7-8-12-11(3)14(17)13(16)9-15(12,4)5/h6-8,13,16H,9H2,1-5H3/b8-7+,10-6+. The van der Waals surface area contributed by atoms with Gasteiger partial charge in [-0.15, -0.1) is 0 Å². The van der Waals surface area contributed by atoms with E-state index in [0.717, 1.165) is 5.57 Å². The molecule has 0 aromatic heterocycles. The van der Waals surface area contributed by atoms with Crippen LogP contribution in [0.4, 0.5) is 0 Å². The van der Waals surface area contributed by atoms with Gasteiger partial charge in [0, 0.05) is 0 Å². The highest BCUT2D eigenvalue weighted by molar-refractivity contribution is 6.00. The summed E-state index contributed by atoms with van der Waals surface area (Å²) >= 11 is 0. The molecule has 0 saturated carbocycles. The summed E-state index contributed by atoms with van der Waals surface area (Å²) in [5.74, 6) is -0.137. The first-order chi connectivity index (χ1) is 7.79. The molecular weight excluding hydrogens is 212 g/mol. The lowest BCUT2D eigenvalue weighted by atomic mass is 9.71. The first-order valence-electron chi connectivity index (χ1n) is 6.04. The number of hydrogen-bond acceptors (Lipinski definition) is 2. The van der Waals surface area contributed by atoms with Crippen LogP contribution in [0.25, 0.3) is 0 Å². The number of carbonyl (C=O) groups excluding carboxylic acids is 1. The first kappa shape index (κ1) is 13.9. The summed E-state index contributed by atoms with van der Waals surface area (Å²) in [6, 6.07) is 0. The van der Waals surface area contributed by atoms with Gasteiger partial charge < -0.3 is 5.11 Å². The number of hydrogen-bond donors (Lipinski definition) is 1. The van der Waals surface area contributed by atoms with Gasteiger partial charge in [0.25, 0.3) is 0 Å². The van der Waals surface area contributed by atoms with Gasteiger partial charge in [-0.25, -0.2) is 0 Å². The van der Waals surface area contributed by atoms with Crippen LogP contribution in [-0.2, 0) is 4.79 Å². The molecule has 0 bridgehead atoms. The molecule has 1 atom stereocenters. The largest absolute Gasteiger partial charge is 0.385 e. The fraction of sp³-hybridized carbons (Fsp3) is 0.533. The summed E-state index contributed by atoms with van der Waals surface area (Å²) in [5.41, 5.74) is 2.74. The average Bonchev–Trinajstić information content (AvgIpc) is 2.24. The van der Waals surface area contributed by atoms with Crippen molar-refractivity contribution < 1.29 is 9.90 Å². The summed E-state index contributed by atoms with van der Waals surface area (Å²) in [5, 5.41) is 9.71. The molecular formula is C15H22O2. The molecule has 17 heavy (non-hydrogen) atoms. The Bertz CT molecular complexity index is 409. The second-order valence-corrected chi connectivity index (χ2v) is 5.37. The predicted octanol–water partition coefficient (Wildman–Crippen LogP) is 3.19. The zero-order valence-corrected chi connectivity index (χ0v) is 11.4. The normalized spacial score (nSPS) is 25.9. The Hall–Kier alpha value is -1.15. The number of Topliss-reactive ketones (excluding diaryl/α,β-unsaturated/α-hetero) is 1. The van der Waals surface area contributed by atoms with Crippen LogP contribution >= 0.6 is 0 Å². The molecule has 0 aliphatic heterocycles. The van der Waals surface area contributed by atoms with Gasteiger partial charge in [-0.1, -0.05) is 37.6 Å². The van der Waals surface area contributed by atoms with Crippen molar-refractivity contribution >= 4 is 5.78 Å². The third-order valence-electron chi connectivity index (χ3n) is 3.48. The maximum atomic E-state index is 11.8. The number of allylic oxidation sites excluding steroid dienone is 5. The highest BCUT2D eigenvalue weighted by atomic mass is 16.3. The zero-order valence-electron chi connectivity index (χ0n) is 11.4. The van der Waals surface area contributed by atoms with E-state index in [2.05, 4.69) is 13.8 Å². The molecule has 1 rings (SSSR count). The molecule has 1 unspecified atom stereocenters. The quantitative estimate of drug-likeness (QED) is 0.745. The Morgan fingerprint density at radius 3 is 2.59 bits per heavy atom. The SMILES string of the molecule is C/C=C(C)/C=C/C1=C(C)C(=O)C(O)CC1(C)C. The maximum Gasteiger partial charge on any atom is 0.187 e. The molecule has 0 aromatic carbocycles. The van der Waals surface area contributed by atoms with Gasteiger partial charge in [-0.3, -0.25) is 4.79 Å². The van der Waals surface area contributed by atoms with E-state index in [4.69, 9.17) is 0 Å². The van der Waals surface area contributed by atoms with Crippen molar-refractivity contribution in [3.63, 3.8) is 0 Å². The topological polar surface area (TPSA) is 37.3 Å². The van der Waals surface area contributed by atoms with E-state index in [-0.39, 0.29) is 11.2 Å². The van der Waals surface area contributed by atoms with Crippen LogP contribution < -0.4 is 0 Å². The van der Waals surface area contributed by atoms with Gasteiger partial charge in [-0.05, 0) is 43.8 Å². The third kappa shape index (κ3) is 2.95. The Balaban J connectivity index is 3.17. The zero-order chi connectivity index (χ0) is 13.2. The lowest BCUT2D eigenvalue weighted by Gasteiger charge is -2.34. The maximum absolute atomic E-state index is 11.8. The Morgan fingerprint density at radius 2 is 2.06 bits per heavy atom. The molecule has 0 fully saturated rings. The molecule has 0 amide bonds. The number of carbonyl (C=O) groups is 1. The Kier molecular flexibility index (Phi) is 4.10. The van der Waals surface area contributed by atoms with Crippen LogP contribution in [0.2, 0.25) is 0 Å². The van der Waals surface area contributed by atoms with Gasteiger partial charge >= 0.3 is 0 Å². The van der Waals surface area contributed by atoms with E-state index in [0.29, 0.717) is 12.0 Å². The van der Waals surface area contributed by atoms with Crippen molar-refractivity contribution in [1.29, 1.82) is 0 Å². The Morgan fingerprint density at radius 1 is 1.47 bits per heavy atom. The van der Waals surface area contributed by atoms with E-state index in [1.165, 1.54) is 5.57 Å². The van der Waals surface area contributed by atoms with Crippen molar-refractivity contribution in [3.05, 3.63) is 34.9 Å².